The van der Waals surface area contributed by atoms with Crippen LogP contribution in [0.25, 0.3) is 6.08 Å². The van der Waals surface area contributed by atoms with E-state index in [1.807, 2.05) is 6.92 Å². The first-order valence-electron chi connectivity index (χ1n) is 7.23. The van der Waals surface area contributed by atoms with Crippen molar-refractivity contribution in [3.63, 3.8) is 0 Å². The standard InChI is InChI=1S/C18H15NO5/c1-11-2-5-13(6-3-11)17(20)19-14(18(21)22)8-12-4-7-15-16(9-12)24-10-23-15/h2-9H,10H2,1H3,(H,19,20)(H,21,22)/p-1/b14-8-. The van der Waals surface area contributed by atoms with Crippen molar-refractivity contribution in [1.82, 2.24) is 5.32 Å². The highest BCUT2D eigenvalue weighted by Gasteiger charge is 2.14. The minimum Gasteiger partial charge on any atom is -0.543 e. The first kappa shape index (κ1) is 15.6. The maximum atomic E-state index is 12.2. The van der Waals surface area contributed by atoms with Crippen LogP contribution in [0.15, 0.2) is 48.2 Å². The number of carboxylic acids is 1. The molecule has 0 aliphatic carbocycles. The van der Waals surface area contributed by atoms with Gasteiger partial charge in [0.1, 0.15) is 0 Å². The van der Waals surface area contributed by atoms with Crippen molar-refractivity contribution in [3.05, 3.63) is 64.9 Å². The first-order valence-corrected chi connectivity index (χ1v) is 7.23. The zero-order valence-corrected chi connectivity index (χ0v) is 12.9. The van der Waals surface area contributed by atoms with Crippen LogP contribution in [0.1, 0.15) is 21.5 Å². The fraction of sp³-hybridized carbons (Fsp3) is 0.111. The monoisotopic (exact) mass is 324 g/mol. The molecule has 0 bridgehead atoms. The lowest BCUT2D eigenvalue weighted by molar-refractivity contribution is -0.299. The molecule has 1 amide bonds. The smallest absolute Gasteiger partial charge is 0.255 e. The first-order chi connectivity index (χ1) is 11.5. The van der Waals surface area contributed by atoms with Crippen molar-refractivity contribution in [3.8, 4) is 11.5 Å². The molecule has 1 aliphatic rings. The third-order valence-corrected chi connectivity index (χ3v) is 3.49. The van der Waals surface area contributed by atoms with E-state index < -0.39 is 11.9 Å². The van der Waals surface area contributed by atoms with Gasteiger partial charge in [-0.05, 0) is 42.8 Å². The number of nitrogens with one attached hydrogen (secondary N) is 1. The molecule has 3 rings (SSSR count). The summed E-state index contributed by atoms with van der Waals surface area (Å²) in [6.07, 6.45) is 1.31. The Balaban J connectivity index is 1.83. The number of fused-ring (bicyclic) bond motifs is 1. The second-order valence-electron chi connectivity index (χ2n) is 5.28. The molecule has 0 spiro atoms. The molecular weight excluding hydrogens is 310 g/mol. The van der Waals surface area contributed by atoms with Gasteiger partial charge in [-0.25, -0.2) is 0 Å². The Kier molecular flexibility index (Phi) is 4.20. The van der Waals surface area contributed by atoms with E-state index in [1.54, 1.807) is 42.5 Å². The molecule has 6 heteroatoms. The van der Waals surface area contributed by atoms with E-state index in [-0.39, 0.29) is 12.5 Å². The number of carbonyl (C=O) groups is 2. The molecule has 0 fully saturated rings. The lowest BCUT2D eigenvalue weighted by Gasteiger charge is -2.11. The molecule has 0 saturated carbocycles. The average molecular weight is 324 g/mol. The molecule has 2 aromatic rings. The second kappa shape index (κ2) is 6.45. The number of carboxylic acid groups (broad SMARTS) is 1. The van der Waals surface area contributed by atoms with Crippen LogP contribution >= 0.6 is 0 Å². The molecule has 1 aliphatic heterocycles. The van der Waals surface area contributed by atoms with E-state index in [1.165, 1.54) is 6.08 Å². The average Bonchev–Trinajstić information content (AvgIpc) is 3.02. The molecule has 0 saturated heterocycles. The number of aryl methyl sites for hydroxylation is 1. The summed E-state index contributed by atoms with van der Waals surface area (Å²) in [5.41, 5.74) is 1.57. The molecule has 122 valence electrons. The molecule has 0 unspecified atom stereocenters. The van der Waals surface area contributed by atoms with Crippen LogP contribution in [-0.2, 0) is 4.79 Å². The fourth-order valence-electron chi connectivity index (χ4n) is 2.22. The highest BCUT2D eigenvalue weighted by molar-refractivity contribution is 6.02. The Morgan fingerprint density at radius 2 is 1.79 bits per heavy atom. The molecule has 0 radical (unpaired) electrons. The van der Waals surface area contributed by atoms with Crippen molar-refractivity contribution in [1.29, 1.82) is 0 Å². The van der Waals surface area contributed by atoms with Crippen LogP contribution in [0.4, 0.5) is 0 Å². The summed E-state index contributed by atoms with van der Waals surface area (Å²) in [4.78, 5) is 23.5. The van der Waals surface area contributed by atoms with Gasteiger partial charge in [-0.2, -0.15) is 0 Å². The molecular formula is C18H14NO5-. The van der Waals surface area contributed by atoms with Crippen LogP contribution in [-0.4, -0.2) is 18.7 Å². The van der Waals surface area contributed by atoms with Crippen LogP contribution in [0.3, 0.4) is 0 Å². The largest absolute Gasteiger partial charge is 0.543 e. The summed E-state index contributed by atoms with van der Waals surface area (Å²) in [6, 6.07) is 11.8. The van der Waals surface area contributed by atoms with Gasteiger partial charge in [-0.3, -0.25) is 4.79 Å². The van der Waals surface area contributed by atoms with Gasteiger partial charge in [0, 0.05) is 5.56 Å². The number of aliphatic carboxylic acids is 1. The Labute approximate surface area is 138 Å². The Hall–Kier alpha value is -3.28. The highest BCUT2D eigenvalue weighted by Crippen LogP contribution is 2.32. The van der Waals surface area contributed by atoms with E-state index in [9.17, 15) is 14.7 Å². The molecule has 2 aromatic carbocycles. The van der Waals surface area contributed by atoms with Crippen LogP contribution in [0.2, 0.25) is 0 Å². The number of rotatable bonds is 4. The normalized spacial score (nSPS) is 12.8. The predicted molar refractivity (Wildman–Crippen MR) is 84.2 cm³/mol. The second-order valence-corrected chi connectivity index (χ2v) is 5.28. The third kappa shape index (κ3) is 3.38. The topological polar surface area (TPSA) is 87.7 Å². The molecule has 0 atom stereocenters. The number of amides is 1. The summed E-state index contributed by atoms with van der Waals surface area (Å²) in [5, 5.41) is 13.7. The van der Waals surface area contributed by atoms with Gasteiger partial charge in [-0.1, -0.05) is 23.8 Å². The van der Waals surface area contributed by atoms with Gasteiger partial charge in [0.05, 0.1) is 11.7 Å². The van der Waals surface area contributed by atoms with Crippen LogP contribution < -0.4 is 19.9 Å². The maximum Gasteiger partial charge on any atom is 0.255 e. The highest BCUT2D eigenvalue weighted by atomic mass is 16.7. The molecule has 0 aromatic heterocycles. The SMILES string of the molecule is Cc1ccc(C(=O)N/C(=C\c2ccc3c(c2)OCO3)C(=O)[O-])cc1. The summed E-state index contributed by atoms with van der Waals surface area (Å²) >= 11 is 0. The predicted octanol–water partition coefficient (Wildman–Crippen LogP) is 1.24. The Morgan fingerprint density at radius 3 is 2.50 bits per heavy atom. The quantitative estimate of drug-likeness (QED) is 0.855. The third-order valence-electron chi connectivity index (χ3n) is 3.49. The van der Waals surface area contributed by atoms with E-state index in [4.69, 9.17) is 9.47 Å². The van der Waals surface area contributed by atoms with Gasteiger partial charge in [0.2, 0.25) is 6.79 Å². The van der Waals surface area contributed by atoms with E-state index in [0.29, 0.717) is 22.6 Å². The van der Waals surface area contributed by atoms with Crippen molar-refractivity contribution in [2.45, 2.75) is 6.92 Å². The van der Waals surface area contributed by atoms with Crippen molar-refractivity contribution in [2.24, 2.45) is 0 Å². The summed E-state index contributed by atoms with van der Waals surface area (Å²) in [6.45, 7) is 2.02. The number of carbonyl (C=O) groups excluding carboxylic acids is 2. The zero-order valence-electron chi connectivity index (χ0n) is 12.9. The molecule has 1 heterocycles. The maximum absolute atomic E-state index is 12.2. The lowest BCUT2D eigenvalue weighted by Crippen LogP contribution is -2.35. The van der Waals surface area contributed by atoms with Crippen molar-refractivity contribution >= 4 is 18.0 Å². The van der Waals surface area contributed by atoms with Crippen molar-refractivity contribution in [2.75, 3.05) is 6.79 Å². The number of ether oxygens (including phenoxy) is 2. The molecule has 1 N–H and O–H groups in total. The Morgan fingerprint density at radius 1 is 1.08 bits per heavy atom. The van der Waals surface area contributed by atoms with Gasteiger partial charge in [0.25, 0.3) is 5.91 Å². The fourth-order valence-corrected chi connectivity index (χ4v) is 2.22. The van der Waals surface area contributed by atoms with Gasteiger partial charge < -0.3 is 24.7 Å². The van der Waals surface area contributed by atoms with Gasteiger partial charge >= 0.3 is 0 Å². The van der Waals surface area contributed by atoms with E-state index in [2.05, 4.69) is 5.32 Å². The summed E-state index contributed by atoms with van der Waals surface area (Å²) in [7, 11) is 0. The summed E-state index contributed by atoms with van der Waals surface area (Å²) in [5.74, 6) is -0.892. The minimum atomic E-state index is -1.48. The molecule has 6 nitrogen and oxygen atoms in total. The zero-order chi connectivity index (χ0) is 17.1. The van der Waals surface area contributed by atoms with Crippen LogP contribution in [0, 0.1) is 6.92 Å². The Bertz CT molecular complexity index is 824. The van der Waals surface area contributed by atoms with Crippen molar-refractivity contribution < 1.29 is 24.2 Å². The molecule has 24 heavy (non-hydrogen) atoms. The van der Waals surface area contributed by atoms with E-state index >= 15 is 0 Å². The van der Waals surface area contributed by atoms with Crippen LogP contribution in [0.5, 0.6) is 11.5 Å². The van der Waals surface area contributed by atoms with E-state index in [0.717, 1.165) is 5.56 Å². The number of hydrogen-bond acceptors (Lipinski definition) is 5. The number of hydrogen-bond donors (Lipinski definition) is 1. The summed E-state index contributed by atoms with van der Waals surface area (Å²) < 4.78 is 10.4. The van der Waals surface area contributed by atoms with Gasteiger partial charge in [-0.15, -0.1) is 0 Å². The minimum absolute atomic E-state index is 0.125. The lowest BCUT2D eigenvalue weighted by atomic mass is 10.1. The van der Waals surface area contributed by atoms with Gasteiger partial charge in [0.15, 0.2) is 11.5 Å². The number of benzene rings is 2.